The fraction of sp³-hybridized carbons (Fsp3) is 0.167. The molecule has 4 nitrogen and oxygen atoms in total. The maximum absolute atomic E-state index is 13.6. The maximum atomic E-state index is 13.6. The van der Waals surface area contributed by atoms with Crippen molar-refractivity contribution in [2.45, 2.75) is 13.0 Å². The van der Waals surface area contributed by atoms with E-state index in [2.05, 4.69) is 31.4 Å². The Bertz CT molecular complexity index is 536. The lowest BCUT2D eigenvalue weighted by Crippen LogP contribution is -2.27. The van der Waals surface area contributed by atoms with Crippen molar-refractivity contribution in [2.24, 2.45) is 0 Å². The second kappa shape index (κ2) is 5.30. The number of hydrogen-bond donors (Lipinski definition) is 2. The third-order valence-electron chi connectivity index (χ3n) is 2.56. The number of aromatic nitrogens is 2. The molecule has 0 bridgehead atoms. The Hall–Kier alpha value is -1.69. The normalized spacial score (nSPS) is 12.2. The van der Waals surface area contributed by atoms with Crippen molar-refractivity contribution < 1.29 is 9.18 Å². The summed E-state index contributed by atoms with van der Waals surface area (Å²) in [5.41, 5.74) is 0.837. The predicted octanol–water partition coefficient (Wildman–Crippen LogP) is 2.80. The molecule has 0 aliphatic rings. The summed E-state index contributed by atoms with van der Waals surface area (Å²) in [5.74, 6) is -1.02. The van der Waals surface area contributed by atoms with Crippen LogP contribution in [0.3, 0.4) is 0 Å². The third kappa shape index (κ3) is 2.59. The largest absolute Gasteiger partial charge is 0.345 e. The highest BCUT2D eigenvalue weighted by molar-refractivity contribution is 9.10. The summed E-state index contributed by atoms with van der Waals surface area (Å²) >= 11 is 3.17. The molecular formula is C12H11BrFN3O. The summed E-state index contributed by atoms with van der Waals surface area (Å²) in [6.07, 6.45) is 3.29. The molecule has 2 aromatic rings. The van der Waals surface area contributed by atoms with Gasteiger partial charge in [-0.1, -0.05) is 6.07 Å². The van der Waals surface area contributed by atoms with E-state index in [1.54, 1.807) is 25.4 Å². The van der Waals surface area contributed by atoms with Gasteiger partial charge in [-0.3, -0.25) is 9.89 Å². The van der Waals surface area contributed by atoms with E-state index in [0.29, 0.717) is 4.47 Å². The van der Waals surface area contributed by atoms with E-state index in [-0.39, 0.29) is 11.6 Å². The minimum Gasteiger partial charge on any atom is -0.345 e. The molecule has 0 aliphatic carbocycles. The Morgan fingerprint density at radius 3 is 2.94 bits per heavy atom. The molecule has 1 amide bonds. The lowest BCUT2D eigenvalue weighted by molar-refractivity contribution is 0.0935. The first-order valence-corrected chi connectivity index (χ1v) is 6.12. The van der Waals surface area contributed by atoms with Gasteiger partial charge in [-0.25, -0.2) is 4.39 Å². The summed E-state index contributed by atoms with van der Waals surface area (Å²) in [4.78, 5) is 12.0. The zero-order valence-electron chi connectivity index (χ0n) is 9.58. The van der Waals surface area contributed by atoms with E-state index in [0.717, 1.165) is 5.56 Å². The molecule has 0 fully saturated rings. The first-order chi connectivity index (χ1) is 8.59. The van der Waals surface area contributed by atoms with Crippen LogP contribution in [-0.4, -0.2) is 16.1 Å². The number of H-pyrrole nitrogens is 1. The molecule has 0 spiro atoms. The van der Waals surface area contributed by atoms with Crippen molar-refractivity contribution >= 4 is 21.8 Å². The molecule has 6 heteroatoms. The number of nitrogens with zero attached hydrogens (tertiary/aromatic N) is 1. The summed E-state index contributed by atoms with van der Waals surface area (Å²) in [7, 11) is 0. The molecule has 1 unspecified atom stereocenters. The van der Waals surface area contributed by atoms with Crippen LogP contribution in [0.5, 0.6) is 0 Å². The van der Waals surface area contributed by atoms with Crippen molar-refractivity contribution in [1.82, 2.24) is 15.5 Å². The van der Waals surface area contributed by atoms with Crippen LogP contribution in [0.1, 0.15) is 28.9 Å². The van der Waals surface area contributed by atoms with E-state index in [1.165, 1.54) is 12.1 Å². The molecule has 0 saturated heterocycles. The Labute approximate surface area is 112 Å². The second-order valence-corrected chi connectivity index (χ2v) is 4.68. The number of nitrogens with one attached hydrogen (secondary N) is 2. The minimum absolute atomic E-state index is 0.00726. The zero-order chi connectivity index (χ0) is 13.1. The standard InChI is InChI=1S/C12H11BrFN3O/c1-7(8-5-15-16-6-8)17-12(18)11-9(13)3-2-4-10(11)14/h2-7H,1H3,(H,15,16)(H,17,18). The third-order valence-corrected chi connectivity index (χ3v) is 3.22. The smallest absolute Gasteiger partial charge is 0.255 e. The van der Waals surface area contributed by atoms with Gasteiger partial charge in [0.15, 0.2) is 0 Å². The van der Waals surface area contributed by atoms with Gasteiger partial charge in [0, 0.05) is 16.2 Å². The van der Waals surface area contributed by atoms with Crippen molar-refractivity contribution in [3.05, 3.63) is 52.0 Å². The van der Waals surface area contributed by atoms with Gasteiger partial charge in [0.25, 0.3) is 5.91 Å². The lowest BCUT2D eigenvalue weighted by Gasteiger charge is -2.13. The van der Waals surface area contributed by atoms with Crippen LogP contribution in [0, 0.1) is 5.82 Å². The van der Waals surface area contributed by atoms with Crippen LogP contribution < -0.4 is 5.32 Å². The topological polar surface area (TPSA) is 57.8 Å². The number of halogens is 2. The molecule has 0 radical (unpaired) electrons. The molecule has 94 valence electrons. The summed E-state index contributed by atoms with van der Waals surface area (Å²) in [6, 6.07) is 4.17. The van der Waals surface area contributed by atoms with E-state index in [4.69, 9.17) is 0 Å². The van der Waals surface area contributed by atoms with Crippen molar-refractivity contribution in [2.75, 3.05) is 0 Å². The number of carbonyl (C=O) groups excluding carboxylic acids is 1. The number of rotatable bonds is 3. The monoisotopic (exact) mass is 311 g/mol. The Morgan fingerprint density at radius 1 is 1.56 bits per heavy atom. The average Bonchev–Trinajstić information content (AvgIpc) is 2.81. The van der Waals surface area contributed by atoms with Crippen LogP contribution in [0.2, 0.25) is 0 Å². The van der Waals surface area contributed by atoms with Gasteiger partial charge >= 0.3 is 0 Å². The number of hydrogen-bond acceptors (Lipinski definition) is 2. The first kappa shape index (κ1) is 12.8. The molecule has 2 rings (SSSR count). The second-order valence-electron chi connectivity index (χ2n) is 3.82. The van der Waals surface area contributed by atoms with Crippen molar-refractivity contribution in [3.63, 3.8) is 0 Å². The molecular weight excluding hydrogens is 301 g/mol. The molecule has 1 aromatic carbocycles. The van der Waals surface area contributed by atoms with Gasteiger partial charge in [-0.15, -0.1) is 0 Å². The summed E-state index contributed by atoms with van der Waals surface area (Å²) in [6.45, 7) is 1.80. The van der Waals surface area contributed by atoms with E-state index in [9.17, 15) is 9.18 Å². The highest BCUT2D eigenvalue weighted by Gasteiger charge is 2.18. The molecule has 1 aromatic heterocycles. The lowest BCUT2D eigenvalue weighted by atomic mass is 10.1. The maximum Gasteiger partial charge on any atom is 0.255 e. The molecule has 0 aliphatic heterocycles. The van der Waals surface area contributed by atoms with Crippen LogP contribution in [0.15, 0.2) is 35.1 Å². The van der Waals surface area contributed by atoms with Gasteiger partial charge in [0.1, 0.15) is 5.82 Å². The van der Waals surface area contributed by atoms with E-state index in [1.807, 2.05) is 0 Å². The minimum atomic E-state index is -0.554. The highest BCUT2D eigenvalue weighted by Crippen LogP contribution is 2.20. The number of benzene rings is 1. The predicted molar refractivity (Wildman–Crippen MR) is 68.6 cm³/mol. The van der Waals surface area contributed by atoms with Crippen molar-refractivity contribution in [1.29, 1.82) is 0 Å². The quantitative estimate of drug-likeness (QED) is 0.915. The van der Waals surface area contributed by atoms with Gasteiger partial charge in [-0.2, -0.15) is 5.10 Å². The van der Waals surface area contributed by atoms with Crippen LogP contribution in [-0.2, 0) is 0 Å². The van der Waals surface area contributed by atoms with Gasteiger partial charge < -0.3 is 5.32 Å². The summed E-state index contributed by atoms with van der Waals surface area (Å²) in [5, 5.41) is 9.17. The Kier molecular flexibility index (Phi) is 3.76. The molecule has 18 heavy (non-hydrogen) atoms. The van der Waals surface area contributed by atoms with E-state index >= 15 is 0 Å². The van der Waals surface area contributed by atoms with Crippen LogP contribution in [0.4, 0.5) is 4.39 Å². The zero-order valence-corrected chi connectivity index (χ0v) is 11.2. The molecule has 1 atom stereocenters. The highest BCUT2D eigenvalue weighted by atomic mass is 79.9. The SMILES string of the molecule is CC(NC(=O)c1c(F)cccc1Br)c1cn[nH]c1. The van der Waals surface area contributed by atoms with Crippen LogP contribution in [0.25, 0.3) is 0 Å². The molecule has 1 heterocycles. The van der Waals surface area contributed by atoms with Crippen LogP contribution >= 0.6 is 15.9 Å². The van der Waals surface area contributed by atoms with E-state index < -0.39 is 11.7 Å². The Morgan fingerprint density at radius 2 is 2.33 bits per heavy atom. The number of amides is 1. The Balaban J connectivity index is 2.18. The van der Waals surface area contributed by atoms with Gasteiger partial charge in [-0.05, 0) is 35.0 Å². The first-order valence-electron chi connectivity index (χ1n) is 5.33. The van der Waals surface area contributed by atoms with Gasteiger partial charge in [0.2, 0.25) is 0 Å². The van der Waals surface area contributed by atoms with Crippen molar-refractivity contribution in [3.8, 4) is 0 Å². The summed E-state index contributed by atoms with van der Waals surface area (Å²) < 4.78 is 14.0. The fourth-order valence-corrected chi connectivity index (χ4v) is 2.09. The van der Waals surface area contributed by atoms with Gasteiger partial charge in [0.05, 0.1) is 17.8 Å². The average molecular weight is 312 g/mol. The number of carbonyl (C=O) groups is 1. The number of aromatic amines is 1. The fourth-order valence-electron chi connectivity index (χ4n) is 1.56. The molecule has 2 N–H and O–H groups in total. The molecule has 0 saturated carbocycles.